The second-order valence-electron chi connectivity index (χ2n) is 2.97. The lowest BCUT2D eigenvalue weighted by molar-refractivity contribution is -0.117. The summed E-state index contributed by atoms with van der Waals surface area (Å²) in [6.45, 7) is 3.86. The van der Waals surface area contributed by atoms with Crippen LogP contribution in [-0.4, -0.2) is 36.9 Å². The van der Waals surface area contributed by atoms with Crippen molar-refractivity contribution < 1.29 is 23.5 Å². The van der Waals surface area contributed by atoms with Gasteiger partial charge in [0, 0.05) is 13.0 Å². The lowest BCUT2D eigenvalue weighted by Crippen LogP contribution is -2.10. The quantitative estimate of drug-likeness (QED) is 0.617. The summed E-state index contributed by atoms with van der Waals surface area (Å²) in [5.41, 5.74) is 0. The van der Waals surface area contributed by atoms with Crippen LogP contribution in [0.4, 0.5) is 0 Å². The van der Waals surface area contributed by atoms with Gasteiger partial charge in [0.05, 0.1) is 13.2 Å². The van der Waals surface area contributed by atoms with Crippen molar-refractivity contribution in [1.82, 2.24) is 0 Å². The minimum Gasteiger partial charge on any atom is -0.396 e. The molecule has 0 aliphatic carbocycles. The molecule has 5 nitrogen and oxygen atoms in total. The van der Waals surface area contributed by atoms with Crippen molar-refractivity contribution in [3.05, 3.63) is 0 Å². The normalized spacial score (nSPS) is 11.7. The molecule has 0 spiro atoms. The van der Waals surface area contributed by atoms with Crippen molar-refractivity contribution in [2.45, 2.75) is 26.7 Å². The largest absolute Gasteiger partial charge is 0.396 e. The Bertz CT molecular complexity index is 219. The summed E-state index contributed by atoms with van der Waals surface area (Å²) >= 11 is 0. The number of hydrogen-bond donors (Lipinski definition) is 1. The molecule has 0 aliphatic heterocycles. The first-order chi connectivity index (χ1) is 7.08. The number of carbonyl (C=O) groups is 1. The van der Waals surface area contributed by atoms with Crippen molar-refractivity contribution in [2.24, 2.45) is 0 Å². The number of carbonyl (C=O) groups excluding carboxylic acids is 1. The molecule has 1 N–H and O–H groups in total. The molecule has 0 fully saturated rings. The van der Waals surface area contributed by atoms with Crippen LogP contribution in [0.1, 0.15) is 26.7 Å². The highest BCUT2D eigenvalue weighted by Gasteiger charge is 2.26. The first kappa shape index (κ1) is 14.8. The Morgan fingerprint density at radius 2 is 1.80 bits per heavy atom. The third-order valence-corrected chi connectivity index (χ3v) is 3.68. The van der Waals surface area contributed by atoms with E-state index in [0.29, 0.717) is 6.42 Å². The van der Waals surface area contributed by atoms with Gasteiger partial charge in [0.15, 0.2) is 0 Å². The van der Waals surface area contributed by atoms with E-state index < -0.39 is 7.60 Å². The van der Waals surface area contributed by atoms with E-state index in [1.54, 1.807) is 13.8 Å². The number of hydrogen-bond acceptors (Lipinski definition) is 5. The SMILES string of the molecule is CCOP(=O)(CC(=O)CCCO)OCC. The van der Waals surface area contributed by atoms with Crippen LogP contribution in [0.2, 0.25) is 0 Å². The third-order valence-electron chi connectivity index (χ3n) is 1.64. The highest BCUT2D eigenvalue weighted by Crippen LogP contribution is 2.47. The summed E-state index contributed by atoms with van der Waals surface area (Å²) in [5, 5.41) is 8.54. The topological polar surface area (TPSA) is 72.8 Å². The van der Waals surface area contributed by atoms with Crippen LogP contribution < -0.4 is 0 Å². The van der Waals surface area contributed by atoms with Crippen molar-refractivity contribution in [3.63, 3.8) is 0 Å². The molecule has 0 unspecified atom stereocenters. The standard InChI is InChI=1S/C9H19O5P/c1-3-13-15(12,14-4-2)8-9(11)6-5-7-10/h10H,3-8H2,1-2H3. The van der Waals surface area contributed by atoms with Gasteiger partial charge in [0.25, 0.3) is 0 Å². The molecule has 0 heterocycles. The second kappa shape index (κ2) is 7.99. The molecule has 15 heavy (non-hydrogen) atoms. The van der Waals surface area contributed by atoms with Crippen LogP contribution in [-0.2, 0) is 18.4 Å². The van der Waals surface area contributed by atoms with Gasteiger partial charge in [0.1, 0.15) is 11.9 Å². The Morgan fingerprint density at radius 3 is 2.20 bits per heavy atom. The summed E-state index contributed by atoms with van der Waals surface area (Å²) in [5.74, 6) is -0.200. The molecule has 6 heteroatoms. The Hall–Kier alpha value is -0.220. The first-order valence-electron chi connectivity index (χ1n) is 5.08. The zero-order valence-corrected chi connectivity index (χ0v) is 10.2. The average molecular weight is 238 g/mol. The number of Topliss-reactive ketones (excluding diaryl/α,β-unsaturated/α-hetero) is 1. The van der Waals surface area contributed by atoms with Crippen molar-refractivity contribution >= 4 is 13.4 Å². The van der Waals surface area contributed by atoms with Crippen LogP contribution in [0.25, 0.3) is 0 Å². The number of aliphatic hydroxyl groups is 1. The summed E-state index contributed by atoms with van der Waals surface area (Å²) < 4.78 is 21.8. The molecule has 0 amide bonds. The third kappa shape index (κ3) is 6.79. The number of aliphatic hydroxyl groups excluding tert-OH is 1. The molecule has 0 aromatic rings. The average Bonchev–Trinajstić information content (AvgIpc) is 2.15. The predicted octanol–water partition coefficient (Wildman–Crippen LogP) is 1.59. The second-order valence-corrected chi connectivity index (χ2v) is 5.02. The molecule has 0 saturated carbocycles. The molecule has 90 valence electrons. The monoisotopic (exact) mass is 238 g/mol. The number of rotatable bonds is 9. The predicted molar refractivity (Wildman–Crippen MR) is 57.1 cm³/mol. The fourth-order valence-corrected chi connectivity index (χ4v) is 2.73. The van der Waals surface area contributed by atoms with Crippen molar-refractivity contribution in [1.29, 1.82) is 0 Å². The van der Waals surface area contributed by atoms with Crippen LogP contribution in [0.3, 0.4) is 0 Å². The van der Waals surface area contributed by atoms with E-state index in [9.17, 15) is 9.36 Å². The van der Waals surface area contributed by atoms with E-state index >= 15 is 0 Å². The van der Waals surface area contributed by atoms with Gasteiger partial charge in [-0.05, 0) is 20.3 Å². The Balaban J connectivity index is 4.15. The minimum absolute atomic E-state index is 0.0423. The molecule has 0 radical (unpaired) electrons. The zero-order valence-electron chi connectivity index (χ0n) is 9.27. The smallest absolute Gasteiger partial charge is 0.338 e. The van der Waals surface area contributed by atoms with Crippen LogP contribution in [0.5, 0.6) is 0 Å². The van der Waals surface area contributed by atoms with Crippen molar-refractivity contribution in [2.75, 3.05) is 26.0 Å². The molecule has 0 bridgehead atoms. The van der Waals surface area contributed by atoms with Gasteiger partial charge in [-0.1, -0.05) is 0 Å². The Morgan fingerprint density at radius 1 is 1.27 bits per heavy atom. The summed E-state index contributed by atoms with van der Waals surface area (Å²) in [7, 11) is -3.25. The first-order valence-corrected chi connectivity index (χ1v) is 6.81. The lowest BCUT2D eigenvalue weighted by Gasteiger charge is -2.15. The van der Waals surface area contributed by atoms with Crippen LogP contribution >= 0.6 is 7.60 Å². The summed E-state index contributed by atoms with van der Waals surface area (Å²) in [6.07, 6.45) is 0.395. The minimum atomic E-state index is -3.25. The van der Waals surface area contributed by atoms with Gasteiger partial charge in [-0.3, -0.25) is 9.36 Å². The van der Waals surface area contributed by atoms with E-state index in [0.717, 1.165) is 0 Å². The maximum absolute atomic E-state index is 11.9. The van der Waals surface area contributed by atoms with Crippen molar-refractivity contribution in [3.8, 4) is 0 Å². The van der Waals surface area contributed by atoms with Gasteiger partial charge < -0.3 is 14.2 Å². The van der Waals surface area contributed by atoms with Gasteiger partial charge in [0.2, 0.25) is 0 Å². The number of ketones is 1. The van der Waals surface area contributed by atoms with E-state index in [1.165, 1.54) is 0 Å². The molecule has 0 aliphatic rings. The Labute approximate surface area is 90.3 Å². The molecule has 0 atom stereocenters. The molecule has 0 aromatic carbocycles. The highest BCUT2D eigenvalue weighted by atomic mass is 31.2. The van der Waals surface area contributed by atoms with E-state index in [-0.39, 0.29) is 38.2 Å². The van der Waals surface area contributed by atoms with Crippen LogP contribution in [0.15, 0.2) is 0 Å². The maximum Gasteiger partial charge on any atom is 0.338 e. The molecule has 0 rings (SSSR count). The fourth-order valence-electron chi connectivity index (χ4n) is 1.09. The van der Waals surface area contributed by atoms with E-state index in [2.05, 4.69) is 0 Å². The fraction of sp³-hybridized carbons (Fsp3) is 0.889. The summed E-state index contributed by atoms with van der Waals surface area (Å²) in [4.78, 5) is 11.3. The highest BCUT2D eigenvalue weighted by molar-refractivity contribution is 7.54. The summed E-state index contributed by atoms with van der Waals surface area (Å²) in [6, 6.07) is 0. The maximum atomic E-state index is 11.9. The van der Waals surface area contributed by atoms with Gasteiger partial charge >= 0.3 is 7.60 Å². The molecular weight excluding hydrogens is 219 g/mol. The Kier molecular flexibility index (Phi) is 7.88. The van der Waals surface area contributed by atoms with Gasteiger partial charge in [-0.25, -0.2) is 0 Å². The van der Waals surface area contributed by atoms with E-state index in [1.807, 2.05) is 0 Å². The van der Waals surface area contributed by atoms with Gasteiger partial charge in [-0.2, -0.15) is 0 Å². The van der Waals surface area contributed by atoms with Gasteiger partial charge in [-0.15, -0.1) is 0 Å². The zero-order chi connectivity index (χ0) is 11.7. The molecular formula is C9H19O5P. The molecule has 0 saturated heterocycles. The lowest BCUT2D eigenvalue weighted by atomic mass is 10.2. The van der Waals surface area contributed by atoms with E-state index in [4.69, 9.17) is 14.2 Å². The van der Waals surface area contributed by atoms with Crippen LogP contribution in [0, 0.1) is 0 Å². The molecule has 0 aromatic heterocycles.